The largest absolute Gasteiger partial charge is 0.870 e. The van der Waals surface area contributed by atoms with E-state index in [1.807, 2.05) is 13.8 Å². The van der Waals surface area contributed by atoms with E-state index in [2.05, 4.69) is 0 Å². The average molecular weight is 140 g/mol. The molecule has 0 aromatic heterocycles. The van der Waals surface area contributed by atoms with E-state index in [9.17, 15) is 0 Å². The molecule has 0 saturated carbocycles. The normalized spacial score (nSPS) is 9.75. The van der Waals surface area contributed by atoms with Gasteiger partial charge in [0, 0.05) is 0 Å². The van der Waals surface area contributed by atoms with E-state index >= 15 is 0 Å². The van der Waals surface area contributed by atoms with Gasteiger partial charge in [-0.05, 0) is 5.92 Å². The van der Waals surface area contributed by atoms with Crippen LogP contribution in [0.3, 0.4) is 0 Å². The van der Waals surface area contributed by atoms with Crippen LogP contribution in [0, 0.1) is 5.92 Å². The first-order valence-electron chi connectivity index (χ1n) is 2.36. The molecule has 0 heterocycles. The quantitative estimate of drug-likeness (QED) is 0.548. The zero-order chi connectivity index (χ0) is 5.86. The second-order valence-corrected chi connectivity index (χ2v) is 3.25. The average Bonchev–Trinajstić information content (AvgIpc) is 1.27. The summed E-state index contributed by atoms with van der Waals surface area (Å²) in [6.07, 6.45) is 0.574. The molecule has 0 radical (unpaired) electrons. The Morgan fingerprint density at radius 2 is 1.75 bits per heavy atom. The van der Waals surface area contributed by atoms with Gasteiger partial charge in [0.2, 0.25) is 0 Å². The summed E-state index contributed by atoms with van der Waals surface area (Å²) in [5, 5.41) is 0. The predicted octanol–water partition coefficient (Wildman–Crippen LogP) is 0.494. The predicted molar refractivity (Wildman–Crippen MR) is 34.4 cm³/mol. The minimum atomic E-state index is -1.93. The Labute approximate surface area is 50.6 Å². The summed E-state index contributed by atoms with van der Waals surface area (Å²) in [6, 6.07) is 0. The van der Waals surface area contributed by atoms with Crippen molar-refractivity contribution in [1.29, 1.82) is 0 Å². The first-order chi connectivity index (χ1) is 3.13. The van der Waals surface area contributed by atoms with Crippen LogP contribution in [0.5, 0.6) is 0 Å². The number of hydrogen-bond acceptors (Lipinski definition) is 3. The SMILES string of the molecule is CC(C)C[PH+](O)O.[OH-]. The third-order valence-corrected chi connectivity index (χ3v) is 1.77. The van der Waals surface area contributed by atoms with E-state index in [1.54, 1.807) is 0 Å². The molecule has 0 aliphatic heterocycles. The smallest absolute Gasteiger partial charge is 0.256 e. The second-order valence-electron chi connectivity index (χ2n) is 2.01. The second kappa shape index (κ2) is 5.45. The molecule has 0 atom stereocenters. The Morgan fingerprint density at radius 3 is 1.75 bits per heavy atom. The Bertz CT molecular complexity index is 40.5. The highest BCUT2D eigenvalue weighted by Crippen LogP contribution is 2.25. The minimum absolute atomic E-state index is 0. The molecule has 0 bridgehead atoms. The molecule has 0 amide bonds. The zero-order valence-corrected chi connectivity index (χ0v) is 6.13. The van der Waals surface area contributed by atoms with Crippen LogP contribution in [0.4, 0.5) is 0 Å². The third kappa shape index (κ3) is 9.58. The fraction of sp³-hybridized carbons (Fsp3) is 1.00. The van der Waals surface area contributed by atoms with Gasteiger partial charge in [0.1, 0.15) is 6.16 Å². The van der Waals surface area contributed by atoms with Crippen LogP contribution in [-0.4, -0.2) is 21.4 Å². The van der Waals surface area contributed by atoms with Crippen molar-refractivity contribution < 1.29 is 15.3 Å². The molecule has 4 heteroatoms. The standard InChI is InChI=1S/C4H11O2P.H2O/c1-4(2)3-7(5)6;/h4-6H,3H2,1-2H3;1H2. The van der Waals surface area contributed by atoms with E-state index < -0.39 is 8.38 Å². The summed E-state index contributed by atoms with van der Waals surface area (Å²) in [6.45, 7) is 3.94. The van der Waals surface area contributed by atoms with Gasteiger partial charge in [-0.25, -0.2) is 9.79 Å². The highest BCUT2D eigenvalue weighted by atomic mass is 31.2. The van der Waals surface area contributed by atoms with Crippen LogP contribution in [-0.2, 0) is 0 Å². The van der Waals surface area contributed by atoms with Gasteiger partial charge in [0.05, 0.1) is 0 Å². The fourth-order valence-corrected chi connectivity index (χ4v) is 1.10. The lowest BCUT2D eigenvalue weighted by molar-refractivity contribution is 0.472. The van der Waals surface area contributed by atoms with Crippen LogP contribution < -0.4 is 0 Å². The lowest BCUT2D eigenvalue weighted by Crippen LogP contribution is -1.91. The van der Waals surface area contributed by atoms with Crippen molar-refractivity contribution in [2.45, 2.75) is 13.8 Å². The van der Waals surface area contributed by atoms with Gasteiger partial charge in [-0.15, -0.1) is 0 Å². The summed E-state index contributed by atoms with van der Waals surface area (Å²) >= 11 is 0. The molecule has 0 saturated heterocycles. The topological polar surface area (TPSA) is 70.5 Å². The van der Waals surface area contributed by atoms with Gasteiger partial charge in [0.15, 0.2) is 0 Å². The minimum Gasteiger partial charge on any atom is -0.870 e. The maximum atomic E-state index is 8.38. The molecule has 0 aromatic carbocycles. The molecule has 0 unspecified atom stereocenters. The van der Waals surface area contributed by atoms with E-state index in [1.165, 1.54) is 0 Å². The van der Waals surface area contributed by atoms with Crippen molar-refractivity contribution in [1.82, 2.24) is 0 Å². The van der Waals surface area contributed by atoms with E-state index in [0.717, 1.165) is 0 Å². The van der Waals surface area contributed by atoms with Crippen molar-refractivity contribution >= 4 is 8.38 Å². The summed E-state index contributed by atoms with van der Waals surface area (Å²) < 4.78 is 0. The van der Waals surface area contributed by atoms with Gasteiger partial charge in [-0.3, -0.25) is 0 Å². The molecule has 0 spiro atoms. The van der Waals surface area contributed by atoms with Gasteiger partial charge < -0.3 is 5.48 Å². The first-order valence-corrected chi connectivity index (χ1v) is 3.97. The Hall–Kier alpha value is 0.310. The van der Waals surface area contributed by atoms with Crippen LogP contribution in [0.15, 0.2) is 0 Å². The highest BCUT2D eigenvalue weighted by molar-refractivity contribution is 7.45. The molecule has 3 nitrogen and oxygen atoms in total. The molecular formula is C4H13O3P. The van der Waals surface area contributed by atoms with Gasteiger partial charge in [-0.2, -0.15) is 0 Å². The monoisotopic (exact) mass is 140 g/mol. The van der Waals surface area contributed by atoms with Crippen LogP contribution in [0.1, 0.15) is 13.8 Å². The lowest BCUT2D eigenvalue weighted by atomic mass is 10.3. The van der Waals surface area contributed by atoms with Gasteiger partial charge >= 0.3 is 0 Å². The van der Waals surface area contributed by atoms with Gasteiger partial charge in [-0.1, -0.05) is 13.8 Å². The van der Waals surface area contributed by atoms with E-state index in [4.69, 9.17) is 9.79 Å². The Balaban J connectivity index is 0. The van der Waals surface area contributed by atoms with Crippen molar-refractivity contribution in [3.63, 3.8) is 0 Å². The van der Waals surface area contributed by atoms with Crippen molar-refractivity contribution in [3.05, 3.63) is 0 Å². The molecule has 0 aromatic rings. The molecule has 52 valence electrons. The molecule has 0 rings (SSSR count). The molecule has 8 heavy (non-hydrogen) atoms. The molecule has 3 N–H and O–H groups in total. The zero-order valence-electron chi connectivity index (χ0n) is 5.13. The maximum absolute atomic E-state index is 8.38. The highest BCUT2D eigenvalue weighted by Gasteiger charge is 2.07. The van der Waals surface area contributed by atoms with E-state index in [-0.39, 0.29) is 5.48 Å². The molecular weight excluding hydrogens is 127 g/mol. The summed E-state index contributed by atoms with van der Waals surface area (Å²) in [4.78, 5) is 16.8. The summed E-state index contributed by atoms with van der Waals surface area (Å²) in [7, 11) is -1.93. The van der Waals surface area contributed by atoms with Crippen LogP contribution >= 0.6 is 8.38 Å². The lowest BCUT2D eigenvalue weighted by Gasteiger charge is -1.95. The van der Waals surface area contributed by atoms with Crippen molar-refractivity contribution in [2.24, 2.45) is 5.92 Å². The fourth-order valence-electron chi connectivity index (χ4n) is 0.365. The Kier molecular flexibility index (Phi) is 7.59. The van der Waals surface area contributed by atoms with Crippen LogP contribution in [0.2, 0.25) is 0 Å². The number of hydrogen-bond donors (Lipinski definition) is 2. The van der Waals surface area contributed by atoms with Crippen LogP contribution in [0.25, 0.3) is 0 Å². The molecule has 0 fully saturated rings. The number of rotatable bonds is 2. The maximum Gasteiger partial charge on any atom is 0.256 e. The first kappa shape index (κ1) is 11.2. The molecule has 0 aliphatic carbocycles. The third-order valence-electron chi connectivity index (χ3n) is 0.591. The molecule has 0 aliphatic rings. The van der Waals surface area contributed by atoms with Crippen molar-refractivity contribution in [3.8, 4) is 0 Å². The van der Waals surface area contributed by atoms with Crippen molar-refractivity contribution in [2.75, 3.05) is 6.16 Å². The van der Waals surface area contributed by atoms with Gasteiger partial charge in [0.25, 0.3) is 8.38 Å². The summed E-state index contributed by atoms with van der Waals surface area (Å²) in [5.41, 5.74) is 0. The van der Waals surface area contributed by atoms with E-state index in [0.29, 0.717) is 12.1 Å². The summed E-state index contributed by atoms with van der Waals surface area (Å²) in [5.74, 6) is 0.420. The Morgan fingerprint density at radius 1 is 1.38 bits per heavy atom.